The maximum Gasteiger partial charge on any atom is 0.230 e. The molecule has 0 aromatic carbocycles. The summed E-state index contributed by atoms with van der Waals surface area (Å²) in [4.78, 5) is 19.5. The average molecular weight is 327 g/mol. The summed E-state index contributed by atoms with van der Waals surface area (Å²) in [6, 6.07) is 7.69. The van der Waals surface area contributed by atoms with E-state index in [-0.39, 0.29) is 11.8 Å². The quantitative estimate of drug-likeness (QED) is 0.900. The second-order valence-electron chi connectivity index (χ2n) is 6.67. The molecule has 2 atom stereocenters. The summed E-state index contributed by atoms with van der Waals surface area (Å²) in [5, 5.41) is 3.06. The predicted octanol–water partition coefficient (Wildman–Crippen LogP) is 1.44. The van der Waals surface area contributed by atoms with Crippen LogP contribution in [0.5, 0.6) is 0 Å². The van der Waals surface area contributed by atoms with Crippen molar-refractivity contribution < 1.29 is 13.9 Å². The maximum absolute atomic E-state index is 12.9. The van der Waals surface area contributed by atoms with E-state index in [2.05, 4.69) is 15.2 Å². The molecular formula is C18H21N3O3. The molecule has 4 heterocycles. The average Bonchev–Trinajstić information content (AvgIpc) is 3.30. The molecule has 4 rings (SSSR count). The highest BCUT2D eigenvalue weighted by Crippen LogP contribution is 2.42. The summed E-state index contributed by atoms with van der Waals surface area (Å²) in [6.07, 6.45) is 5.19. The zero-order valence-electron chi connectivity index (χ0n) is 13.5. The van der Waals surface area contributed by atoms with E-state index >= 15 is 0 Å². The van der Waals surface area contributed by atoms with Crippen LogP contribution in [0, 0.1) is 11.3 Å². The summed E-state index contributed by atoms with van der Waals surface area (Å²) < 4.78 is 10.8. The standard InChI is InChI=1S/C18H21N3O3/c22-17(20-7-16-3-1-2-5-19-16)18-12-21(8-14-4-6-23-10-14)9-15(18)11-24-13-18/h1-6,10,15H,7-9,11-13H2,(H,20,22)/t15-,18-/m0/s1. The first-order chi connectivity index (χ1) is 11.8. The van der Waals surface area contributed by atoms with Crippen molar-refractivity contribution in [3.8, 4) is 0 Å². The molecule has 2 aromatic heterocycles. The minimum absolute atomic E-state index is 0.0744. The molecule has 6 nitrogen and oxygen atoms in total. The highest BCUT2D eigenvalue weighted by atomic mass is 16.5. The van der Waals surface area contributed by atoms with Crippen LogP contribution in [0.15, 0.2) is 47.4 Å². The van der Waals surface area contributed by atoms with E-state index in [1.54, 1.807) is 18.7 Å². The van der Waals surface area contributed by atoms with Crippen LogP contribution in [-0.2, 0) is 22.6 Å². The molecule has 0 unspecified atom stereocenters. The number of ether oxygens (including phenoxy) is 1. The highest BCUT2D eigenvalue weighted by Gasteiger charge is 2.55. The Labute approximate surface area is 140 Å². The van der Waals surface area contributed by atoms with Gasteiger partial charge in [-0.1, -0.05) is 6.07 Å². The Balaban J connectivity index is 1.42. The predicted molar refractivity (Wildman–Crippen MR) is 86.8 cm³/mol. The van der Waals surface area contributed by atoms with E-state index in [1.165, 1.54) is 0 Å². The number of fused-ring (bicyclic) bond motifs is 1. The van der Waals surface area contributed by atoms with Crippen LogP contribution in [0.2, 0.25) is 0 Å². The summed E-state index contributed by atoms with van der Waals surface area (Å²) in [7, 11) is 0. The number of carbonyl (C=O) groups is 1. The van der Waals surface area contributed by atoms with E-state index in [9.17, 15) is 4.79 Å². The van der Waals surface area contributed by atoms with E-state index in [1.807, 2.05) is 24.3 Å². The van der Waals surface area contributed by atoms with Crippen LogP contribution >= 0.6 is 0 Å². The second kappa shape index (κ2) is 6.37. The fraction of sp³-hybridized carbons (Fsp3) is 0.444. The van der Waals surface area contributed by atoms with Crippen LogP contribution in [0.3, 0.4) is 0 Å². The maximum atomic E-state index is 12.9. The van der Waals surface area contributed by atoms with Gasteiger partial charge >= 0.3 is 0 Å². The third-order valence-corrected chi connectivity index (χ3v) is 5.04. The van der Waals surface area contributed by atoms with Crippen molar-refractivity contribution in [2.24, 2.45) is 11.3 Å². The van der Waals surface area contributed by atoms with Gasteiger partial charge in [0.05, 0.1) is 43.4 Å². The Kier molecular flexibility index (Phi) is 4.08. The Bertz CT molecular complexity index is 689. The fourth-order valence-corrected chi connectivity index (χ4v) is 3.77. The van der Waals surface area contributed by atoms with E-state index < -0.39 is 5.41 Å². The van der Waals surface area contributed by atoms with Gasteiger partial charge in [0, 0.05) is 37.3 Å². The van der Waals surface area contributed by atoms with Crippen molar-refractivity contribution in [3.05, 3.63) is 54.2 Å². The molecule has 0 saturated carbocycles. The van der Waals surface area contributed by atoms with Crippen LogP contribution in [0.4, 0.5) is 0 Å². The van der Waals surface area contributed by atoms with E-state index in [0.29, 0.717) is 19.8 Å². The number of hydrogen-bond donors (Lipinski definition) is 1. The third kappa shape index (κ3) is 2.83. The van der Waals surface area contributed by atoms with Crippen molar-refractivity contribution >= 4 is 5.91 Å². The van der Waals surface area contributed by atoms with Gasteiger partial charge in [-0.2, -0.15) is 0 Å². The number of nitrogens with one attached hydrogen (secondary N) is 1. The van der Waals surface area contributed by atoms with Gasteiger partial charge in [-0.05, 0) is 18.2 Å². The number of carbonyl (C=O) groups excluding carboxylic acids is 1. The topological polar surface area (TPSA) is 67.6 Å². The van der Waals surface area contributed by atoms with Gasteiger partial charge in [-0.3, -0.25) is 14.7 Å². The first kappa shape index (κ1) is 15.4. The molecule has 24 heavy (non-hydrogen) atoms. The molecule has 2 aromatic rings. The Morgan fingerprint density at radius 3 is 3.17 bits per heavy atom. The smallest absolute Gasteiger partial charge is 0.230 e. The van der Waals surface area contributed by atoms with Gasteiger partial charge in [0.15, 0.2) is 0 Å². The summed E-state index contributed by atoms with van der Waals surface area (Å²) in [5.41, 5.74) is 1.56. The minimum atomic E-state index is -0.446. The number of likely N-dealkylation sites (tertiary alicyclic amines) is 1. The SMILES string of the molecule is O=C(NCc1ccccn1)[C@@]12COC[C@@H]1CN(Cc1ccoc1)C2. The highest BCUT2D eigenvalue weighted by molar-refractivity contribution is 5.84. The summed E-state index contributed by atoms with van der Waals surface area (Å²) in [5.74, 6) is 0.318. The van der Waals surface area contributed by atoms with Crippen LogP contribution in [0.1, 0.15) is 11.3 Å². The number of hydrogen-bond acceptors (Lipinski definition) is 5. The lowest BCUT2D eigenvalue weighted by atomic mass is 9.80. The van der Waals surface area contributed by atoms with Gasteiger partial charge in [-0.15, -0.1) is 0 Å². The monoisotopic (exact) mass is 327 g/mol. The molecule has 1 amide bonds. The third-order valence-electron chi connectivity index (χ3n) is 5.04. The van der Waals surface area contributed by atoms with Crippen LogP contribution in [0.25, 0.3) is 0 Å². The number of aromatic nitrogens is 1. The van der Waals surface area contributed by atoms with Crippen molar-refractivity contribution in [1.29, 1.82) is 0 Å². The van der Waals surface area contributed by atoms with Crippen molar-refractivity contribution in [3.63, 3.8) is 0 Å². The molecule has 0 spiro atoms. The second-order valence-corrected chi connectivity index (χ2v) is 6.67. The van der Waals surface area contributed by atoms with Gasteiger partial charge in [0.2, 0.25) is 5.91 Å². The number of amides is 1. The zero-order valence-corrected chi connectivity index (χ0v) is 13.5. The molecule has 1 N–H and O–H groups in total. The largest absolute Gasteiger partial charge is 0.472 e. The molecule has 2 saturated heterocycles. The summed E-state index contributed by atoms with van der Waals surface area (Å²) >= 11 is 0. The molecule has 2 aliphatic heterocycles. The Hall–Kier alpha value is -2.18. The lowest BCUT2D eigenvalue weighted by Gasteiger charge is -2.26. The number of furan rings is 1. The molecular weight excluding hydrogens is 306 g/mol. The molecule has 2 fully saturated rings. The molecule has 0 radical (unpaired) electrons. The first-order valence-electron chi connectivity index (χ1n) is 8.26. The first-order valence-corrected chi connectivity index (χ1v) is 8.26. The van der Waals surface area contributed by atoms with E-state index in [0.717, 1.165) is 30.9 Å². The molecule has 0 aliphatic carbocycles. The fourth-order valence-electron chi connectivity index (χ4n) is 3.77. The molecule has 0 bridgehead atoms. The number of pyridine rings is 1. The molecule has 2 aliphatic rings. The number of nitrogens with zero attached hydrogens (tertiary/aromatic N) is 2. The van der Waals surface area contributed by atoms with E-state index in [4.69, 9.17) is 9.15 Å². The van der Waals surface area contributed by atoms with Crippen molar-refractivity contribution in [2.45, 2.75) is 13.1 Å². The van der Waals surface area contributed by atoms with Gasteiger partial charge in [0.25, 0.3) is 0 Å². The normalized spacial score (nSPS) is 26.4. The van der Waals surface area contributed by atoms with Gasteiger partial charge in [-0.25, -0.2) is 0 Å². The lowest BCUT2D eigenvalue weighted by Crippen LogP contribution is -2.46. The van der Waals surface area contributed by atoms with Crippen molar-refractivity contribution in [2.75, 3.05) is 26.3 Å². The minimum Gasteiger partial charge on any atom is -0.472 e. The van der Waals surface area contributed by atoms with Crippen LogP contribution < -0.4 is 5.32 Å². The van der Waals surface area contributed by atoms with Gasteiger partial charge in [0.1, 0.15) is 0 Å². The Morgan fingerprint density at radius 2 is 2.38 bits per heavy atom. The molecule has 6 heteroatoms. The zero-order chi connectivity index (χ0) is 16.4. The van der Waals surface area contributed by atoms with Gasteiger partial charge < -0.3 is 14.5 Å². The van der Waals surface area contributed by atoms with Crippen molar-refractivity contribution in [1.82, 2.24) is 15.2 Å². The summed E-state index contributed by atoms with van der Waals surface area (Å²) in [6.45, 7) is 4.00. The van der Waals surface area contributed by atoms with Crippen LogP contribution in [-0.4, -0.2) is 42.1 Å². The molecule has 126 valence electrons. The lowest BCUT2D eigenvalue weighted by molar-refractivity contribution is -0.131. The number of rotatable bonds is 5. The Morgan fingerprint density at radius 1 is 1.42 bits per heavy atom.